The first-order chi connectivity index (χ1) is 6.06. The second kappa shape index (κ2) is 3.66. The predicted molar refractivity (Wildman–Crippen MR) is 52.2 cm³/mol. The summed E-state index contributed by atoms with van der Waals surface area (Å²) in [5.41, 5.74) is 5.99. The van der Waals surface area contributed by atoms with E-state index in [2.05, 4.69) is 0 Å². The fourth-order valence-corrected chi connectivity index (χ4v) is 1.21. The van der Waals surface area contributed by atoms with Gasteiger partial charge in [-0.05, 0) is 12.1 Å². The molecule has 0 saturated heterocycles. The van der Waals surface area contributed by atoms with Crippen molar-refractivity contribution >= 4 is 23.1 Å². The van der Waals surface area contributed by atoms with Crippen molar-refractivity contribution in [2.24, 2.45) is 0 Å². The van der Waals surface area contributed by atoms with E-state index in [9.17, 15) is 9.90 Å². The van der Waals surface area contributed by atoms with Crippen LogP contribution in [0.1, 0.15) is 23.7 Å². The number of carbonyl (C=O) groups excluding carboxylic acids is 1. The van der Waals surface area contributed by atoms with E-state index in [1.807, 2.05) is 0 Å². The largest absolute Gasteiger partial charge is 0.504 e. The molecule has 0 heterocycles. The minimum absolute atomic E-state index is 0.0476. The SMILES string of the molecule is CCC(=O)c1cc(N)c(O)c(Cl)c1. The number of ketones is 1. The minimum atomic E-state index is -0.172. The summed E-state index contributed by atoms with van der Waals surface area (Å²) in [7, 11) is 0. The third-order valence-corrected chi connectivity index (χ3v) is 2.02. The highest BCUT2D eigenvalue weighted by atomic mass is 35.5. The van der Waals surface area contributed by atoms with Crippen LogP contribution in [0.2, 0.25) is 5.02 Å². The standard InChI is InChI=1S/C9H10ClNO2/c1-2-8(12)5-3-6(10)9(13)7(11)4-5/h3-4,13H,2,11H2,1H3. The van der Waals surface area contributed by atoms with Gasteiger partial charge < -0.3 is 10.8 Å². The maximum Gasteiger partial charge on any atom is 0.162 e. The summed E-state index contributed by atoms with van der Waals surface area (Å²) >= 11 is 5.64. The quantitative estimate of drug-likeness (QED) is 0.436. The number of phenolic OH excluding ortho intramolecular Hbond substituents is 1. The summed E-state index contributed by atoms with van der Waals surface area (Å²) < 4.78 is 0. The van der Waals surface area contributed by atoms with Crippen LogP contribution >= 0.6 is 11.6 Å². The van der Waals surface area contributed by atoms with Gasteiger partial charge in [0.25, 0.3) is 0 Å². The minimum Gasteiger partial charge on any atom is -0.504 e. The number of hydrogen-bond donors (Lipinski definition) is 2. The van der Waals surface area contributed by atoms with Crippen molar-refractivity contribution in [3.8, 4) is 5.75 Å². The van der Waals surface area contributed by atoms with Gasteiger partial charge in [0.2, 0.25) is 0 Å². The van der Waals surface area contributed by atoms with Crippen LogP contribution in [-0.4, -0.2) is 10.9 Å². The second-order valence-electron chi connectivity index (χ2n) is 2.67. The van der Waals surface area contributed by atoms with Crippen molar-refractivity contribution in [1.82, 2.24) is 0 Å². The molecule has 0 bridgehead atoms. The molecule has 1 rings (SSSR count). The van der Waals surface area contributed by atoms with E-state index >= 15 is 0 Å². The number of nitrogen functional groups attached to an aromatic ring is 1. The van der Waals surface area contributed by atoms with Gasteiger partial charge in [0.1, 0.15) is 0 Å². The first-order valence-electron chi connectivity index (χ1n) is 3.87. The van der Waals surface area contributed by atoms with E-state index in [0.29, 0.717) is 12.0 Å². The maximum atomic E-state index is 11.2. The Bertz CT molecular complexity index is 326. The highest BCUT2D eigenvalue weighted by Crippen LogP contribution is 2.31. The molecular weight excluding hydrogens is 190 g/mol. The molecule has 0 radical (unpaired) electrons. The number of Topliss-reactive ketones (excluding diaryl/α,β-unsaturated/α-hetero) is 1. The number of benzene rings is 1. The average Bonchev–Trinajstić information content (AvgIpc) is 2.12. The van der Waals surface area contributed by atoms with Gasteiger partial charge in [-0.15, -0.1) is 0 Å². The van der Waals surface area contributed by atoms with E-state index < -0.39 is 0 Å². The van der Waals surface area contributed by atoms with Crippen LogP contribution in [0.15, 0.2) is 12.1 Å². The summed E-state index contributed by atoms with van der Waals surface area (Å²) in [6.45, 7) is 1.75. The van der Waals surface area contributed by atoms with Gasteiger partial charge in [-0.2, -0.15) is 0 Å². The number of rotatable bonds is 2. The zero-order valence-corrected chi connectivity index (χ0v) is 7.93. The summed E-state index contributed by atoms with van der Waals surface area (Å²) in [5, 5.41) is 9.33. The first kappa shape index (κ1) is 9.86. The van der Waals surface area contributed by atoms with Crippen LogP contribution in [0.25, 0.3) is 0 Å². The van der Waals surface area contributed by atoms with Crippen molar-refractivity contribution in [2.75, 3.05) is 5.73 Å². The molecule has 0 amide bonds. The highest BCUT2D eigenvalue weighted by Gasteiger charge is 2.09. The Labute approximate surface area is 81.1 Å². The van der Waals surface area contributed by atoms with Gasteiger partial charge in [0.15, 0.2) is 11.5 Å². The van der Waals surface area contributed by atoms with Gasteiger partial charge in [0.05, 0.1) is 10.7 Å². The zero-order valence-electron chi connectivity index (χ0n) is 7.17. The number of phenols is 1. The second-order valence-corrected chi connectivity index (χ2v) is 3.08. The molecule has 0 atom stereocenters. The van der Waals surface area contributed by atoms with Crippen molar-refractivity contribution in [3.05, 3.63) is 22.7 Å². The molecule has 1 aromatic rings. The van der Waals surface area contributed by atoms with E-state index in [1.54, 1.807) is 6.92 Å². The Morgan fingerprint density at radius 1 is 1.62 bits per heavy atom. The molecule has 0 saturated carbocycles. The van der Waals surface area contributed by atoms with Crippen LogP contribution in [0, 0.1) is 0 Å². The molecule has 3 nitrogen and oxygen atoms in total. The van der Waals surface area contributed by atoms with Gasteiger partial charge in [-0.3, -0.25) is 4.79 Å². The van der Waals surface area contributed by atoms with Crippen molar-refractivity contribution in [2.45, 2.75) is 13.3 Å². The topological polar surface area (TPSA) is 63.3 Å². The van der Waals surface area contributed by atoms with Gasteiger partial charge >= 0.3 is 0 Å². The van der Waals surface area contributed by atoms with E-state index in [4.69, 9.17) is 17.3 Å². The molecule has 1 aromatic carbocycles. The number of carbonyl (C=O) groups is 1. The Balaban J connectivity index is 3.20. The molecule has 0 aliphatic carbocycles. The van der Waals surface area contributed by atoms with E-state index in [1.165, 1.54) is 12.1 Å². The molecule has 70 valence electrons. The average molecular weight is 200 g/mol. The Kier molecular flexibility index (Phi) is 2.78. The number of aromatic hydroxyl groups is 1. The predicted octanol–water partition coefficient (Wildman–Crippen LogP) is 2.22. The lowest BCUT2D eigenvalue weighted by Crippen LogP contribution is -1.98. The monoisotopic (exact) mass is 199 g/mol. The molecule has 0 aliphatic rings. The smallest absolute Gasteiger partial charge is 0.162 e. The fourth-order valence-electron chi connectivity index (χ4n) is 0.985. The molecule has 13 heavy (non-hydrogen) atoms. The van der Waals surface area contributed by atoms with Gasteiger partial charge in [-0.25, -0.2) is 0 Å². The Morgan fingerprint density at radius 2 is 2.23 bits per heavy atom. The molecular formula is C9H10ClNO2. The fraction of sp³-hybridized carbons (Fsp3) is 0.222. The lowest BCUT2D eigenvalue weighted by Gasteiger charge is -2.04. The third-order valence-electron chi connectivity index (χ3n) is 1.74. The molecule has 0 unspecified atom stereocenters. The molecule has 3 N–H and O–H groups in total. The van der Waals surface area contributed by atoms with E-state index in [0.717, 1.165) is 0 Å². The van der Waals surface area contributed by atoms with Crippen LogP contribution in [0.5, 0.6) is 5.75 Å². The maximum absolute atomic E-state index is 11.2. The zero-order chi connectivity index (χ0) is 10.0. The lowest BCUT2D eigenvalue weighted by molar-refractivity contribution is 0.0988. The van der Waals surface area contributed by atoms with E-state index in [-0.39, 0.29) is 22.2 Å². The van der Waals surface area contributed by atoms with Crippen LogP contribution in [0.4, 0.5) is 5.69 Å². The van der Waals surface area contributed by atoms with Crippen LogP contribution in [-0.2, 0) is 0 Å². The molecule has 0 fully saturated rings. The summed E-state index contributed by atoms with van der Waals surface area (Å²) in [4.78, 5) is 11.2. The van der Waals surface area contributed by atoms with Gasteiger partial charge in [-0.1, -0.05) is 18.5 Å². The summed E-state index contributed by atoms with van der Waals surface area (Å²) in [5.74, 6) is -0.220. The molecule has 0 spiro atoms. The number of nitrogens with two attached hydrogens (primary N) is 1. The molecule has 4 heteroatoms. The summed E-state index contributed by atoms with van der Waals surface area (Å²) in [6.07, 6.45) is 0.389. The molecule has 0 aromatic heterocycles. The van der Waals surface area contributed by atoms with Gasteiger partial charge in [0, 0.05) is 12.0 Å². The van der Waals surface area contributed by atoms with Crippen LogP contribution < -0.4 is 5.73 Å². The van der Waals surface area contributed by atoms with Crippen molar-refractivity contribution in [1.29, 1.82) is 0 Å². The van der Waals surface area contributed by atoms with Crippen LogP contribution in [0.3, 0.4) is 0 Å². The van der Waals surface area contributed by atoms with Crippen molar-refractivity contribution < 1.29 is 9.90 Å². The molecule has 0 aliphatic heterocycles. The Hall–Kier alpha value is -1.22. The van der Waals surface area contributed by atoms with Crippen molar-refractivity contribution in [3.63, 3.8) is 0 Å². The third kappa shape index (κ3) is 1.92. The number of halogens is 1. The highest BCUT2D eigenvalue weighted by molar-refractivity contribution is 6.32. The number of anilines is 1. The normalized spacial score (nSPS) is 10.0. The summed E-state index contributed by atoms with van der Waals surface area (Å²) in [6, 6.07) is 2.84. The Morgan fingerprint density at radius 3 is 2.69 bits per heavy atom. The lowest BCUT2D eigenvalue weighted by atomic mass is 10.1. The first-order valence-corrected chi connectivity index (χ1v) is 4.25. The number of hydrogen-bond acceptors (Lipinski definition) is 3.